The zero-order valence-corrected chi connectivity index (χ0v) is 12.9. The van der Waals surface area contributed by atoms with E-state index in [-0.39, 0.29) is 5.84 Å². The summed E-state index contributed by atoms with van der Waals surface area (Å²) in [4.78, 5) is 4.14. The largest absolute Gasteiger partial charge is 0.399 e. The number of hydrazine groups is 1. The molecule has 0 bridgehead atoms. The molecule has 2 rings (SSSR count). The number of benzene rings is 1. The molecule has 1 heterocycles. The summed E-state index contributed by atoms with van der Waals surface area (Å²) >= 11 is 0. The Bertz CT molecular complexity index is 637. The van der Waals surface area contributed by atoms with E-state index >= 15 is 0 Å². The van der Waals surface area contributed by atoms with E-state index in [9.17, 15) is 4.39 Å². The fourth-order valence-electron chi connectivity index (χ4n) is 1.69. The normalized spacial score (nSPS) is 10.7. The van der Waals surface area contributed by atoms with E-state index in [0.29, 0.717) is 22.5 Å². The molecule has 7 heteroatoms. The lowest BCUT2D eigenvalue weighted by molar-refractivity contribution is 0.371. The van der Waals surface area contributed by atoms with Gasteiger partial charge in [-0.25, -0.2) is 15.4 Å². The van der Waals surface area contributed by atoms with Gasteiger partial charge in [-0.15, -0.1) is 5.10 Å². The van der Waals surface area contributed by atoms with E-state index in [2.05, 4.69) is 10.1 Å². The topological polar surface area (TPSA) is 107 Å². The Hall–Kier alpha value is -2.67. The molecule has 0 atom stereocenters. The van der Waals surface area contributed by atoms with Crippen molar-refractivity contribution in [2.75, 3.05) is 12.8 Å². The first kappa shape index (κ1) is 17.4. The second-order valence-electron chi connectivity index (χ2n) is 4.23. The minimum atomic E-state index is -0.400. The predicted molar refractivity (Wildman–Crippen MR) is 88.1 cm³/mol. The van der Waals surface area contributed by atoms with Crippen LogP contribution in [-0.2, 0) is 0 Å². The zero-order valence-electron chi connectivity index (χ0n) is 12.9. The average molecular weight is 304 g/mol. The first-order valence-corrected chi connectivity index (χ1v) is 6.81. The van der Waals surface area contributed by atoms with Gasteiger partial charge in [0, 0.05) is 30.1 Å². The lowest BCUT2D eigenvalue weighted by Crippen LogP contribution is -2.26. The van der Waals surface area contributed by atoms with Crippen molar-refractivity contribution in [3.05, 3.63) is 48.0 Å². The highest BCUT2D eigenvalue weighted by Crippen LogP contribution is 2.23. The molecule has 0 aliphatic rings. The highest BCUT2D eigenvalue weighted by molar-refractivity contribution is 5.95. The third-order valence-electron chi connectivity index (χ3n) is 2.60. The Kier molecular flexibility index (Phi) is 6.27. The monoisotopic (exact) mass is 304 g/mol. The van der Waals surface area contributed by atoms with Crippen molar-refractivity contribution in [1.82, 2.24) is 10.1 Å². The van der Waals surface area contributed by atoms with Crippen LogP contribution in [0, 0.1) is 5.82 Å². The maximum absolute atomic E-state index is 13.8. The molecule has 2 aromatic rings. The molecule has 0 spiro atoms. The number of rotatable bonds is 3. The number of nitrogens with zero attached hydrogens (tertiary/aromatic N) is 3. The molecular formula is C15H21FN6. The van der Waals surface area contributed by atoms with Gasteiger partial charge in [-0.05, 0) is 24.3 Å². The van der Waals surface area contributed by atoms with E-state index in [4.69, 9.17) is 17.3 Å². The molecule has 0 radical (unpaired) electrons. The minimum absolute atomic E-state index is 0.180. The summed E-state index contributed by atoms with van der Waals surface area (Å²) in [6, 6.07) is 7.85. The van der Waals surface area contributed by atoms with Crippen molar-refractivity contribution in [2.45, 2.75) is 13.8 Å². The molecule has 1 aromatic carbocycles. The second-order valence-corrected chi connectivity index (χ2v) is 4.23. The van der Waals surface area contributed by atoms with Gasteiger partial charge in [0.2, 0.25) is 0 Å². The Morgan fingerprint density at radius 1 is 1.23 bits per heavy atom. The number of anilines is 1. The standard InChI is InChI=1S/C13H15FN6.C2H6/c1-20(17)19-13(16)12-5-2-8(7-18-12)10-4-3-9(15)6-11(10)14;1-2/h2-7H,15,17H2,1H3,(H2,16,19);1-2H3. The van der Waals surface area contributed by atoms with Gasteiger partial charge in [-0.1, -0.05) is 19.9 Å². The van der Waals surface area contributed by atoms with Crippen LogP contribution in [0.1, 0.15) is 19.5 Å². The summed E-state index contributed by atoms with van der Waals surface area (Å²) in [5.41, 5.74) is 13.1. The summed E-state index contributed by atoms with van der Waals surface area (Å²) in [5, 5.41) is 4.92. The molecule has 0 saturated heterocycles. The van der Waals surface area contributed by atoms with Crippen LogP contribution in [0.4, 0.5) is 10.1 Å². The zero-order chi connectivity index (χ0) is 16.7. The number of hydrogen-bond donors (Lipinski definition) is 3. The molecule has 0 aliphatic heterocycles. The first-order chi connectivity index (χ1) is 10.5. The van der Waals surface area contributed by atoms with Gasteiger partial charge in [0.15, 0.2) is 5.84 Å². The van der Waals surface area contributed by atoms with Crippen LogP contribution in [0.3, 0.4) is 0 Å². The molecule has 118 valence electrons. The summed E-state index contributed by atoms with van der Waals surface area (Å²) in [7, 11) is 1.55. The van der Waals surface area contributed by atoms with Gasteiger partial charge < -0.3 is 11.5 Å². The number of hydrogen-bond acceptors (Lipinski definition) is 5. The third-order valence-corrected chi connectivity index (χ3v) is 2.60. The molecule has 22 heavy (non-hydrogen) atoms. The lowest BCUT2D eigenvalue weighted by atomic mass is 10.1. The number of amidine groups is 1. The Morgan fingerprint density at radius 3 is 2.41 bits per heavy atom. The van der Waals surface area contributed by atoms with E-state index in [1.165, 1.54) is 12.3 Å². The molecular weight excluding hydrogens is 283 g/mol. The predicted octanol–water partition coefficient (Wildman–Crippen LogP) is 1.92. The lowest BCUT2D eigenvalue weighted by Gasteiger charge is -2.07. The van der Waals surface area contributed by atoms with Crippen LogP contribution in [0.15, 0.2) is 41.6 Å². The Balaban J connectivity index is 0.00000116. The van der Waals surface area contributed by atoms with Gasteiger partial charge in [0.05, 0.1) is 0 Å². The highest BCUT2D eigenvalue weighted by atomic mass is 19.1. The van der Waals surface area contributed by atoms with Crippen LogP contribution in [0.25, 0.3) is 11.1 Å². The summed E-state index contributed by atoms with van der Waals surface area (Å²) < 4.78 is 13.8. The summed E-state index contributed by atoms with van der Waals surface area (Å²) in [6.07, 6.45) is 1.52. The van der Waals surface area contributed by atoms with E-state index in [1.54, 1.807) is 31.3 Å². The van der Waals surface area contributed by atoms with Gasteiger partial charge in [-0.2, -0.15) is 0 Å². The molecule has 0 saturated carbocycles. The fraction of sp³-hybridized carbons (Fsp3) is 0.200. The maximum atomic E-state index is 13.8. The van der Waals surface area contributed by atoms with Crippen LogP contribution in [0.5, 0.6) is 0 Å². The van der Waals surface area contributed by atoms with Crippen LogP contribution < -0.4 is 17.3 Å². The molecule has 0 unspecified atom stereocenters. The van der Waals surface area contributed by atoms with Crippen molar-refractivity contribution in [1.29, 1.82) is 0 Å². The highest BCUT2D eigenvalue weighted by Gasteiger charge is 2.07. The minimum Gasteiger partial charge on any atom is -0.399 e. The number of hydrazone groups is 1. The van der Waals surface area contributed by atoms with Gasteiger partial charge in [0.1, 0.15) is 11.5 Å². The smallest absolute Gasteiger partial charge is 0.171 e. The number of halogens is 1. The quantitative estimate of drug-likeness (QED) is 0.264. The molecule has 0 aliphatic carbocycles. The van der Waals surface area contributed by atoms with Crippen LogP contribution in [-0.4, -0.2) is 23.0 Å². The van der Waals surface area contributed by atoms with Crippen molar-refractivity contribution < 1.29 is 4.39 Å². The van der Waals surface area contributed by atoms with Gasteiger partial charge in [0.25, 0.3) is 0 Å². The van der Waals surface area contributed by atoms with Crippen LogP contribution in [0.2, 0.25) is 0 Å². The molecule has 1 aromatic heterocycles. The molecule has 6 N–H and O–H groups in total. The van der Waals surface area contributed by atoms with Gasteiger partial charge in [-0.3, -0.25) is 4.98 Å². The number of nitrogens with two attached hydrogens (primary N) is 3. The van der Waals surface area contributed by atoms with Gasteiger partial charge >= 0.3 is 0 Å². The Morgan fingerprint density at radius 2 is 1.91 bits per heavy atom. The summed E-state index contributed by atoms with van der Waals surface area (Å²) in [6.45, 7) is 4.00. The SMILES string of the molecule is CC.CN(N)/N=C(\N)c1ccc(-c2ccc(N)cc2F)cn1. The summed E-state index contributed by atoms with van der Waals surface area (Å²) in [5.74, 6) is 5.14. The molecule has 0 amide bonds. The third kappa shape index (κ3) is 4.42. The van der Waals surface area contributed by atoms with E-state index < -0.39 is 5.82 Å². The fourth-order valence-corrected chi connectivity index (χ4v) is 1.69. The second kappa shape index (κ2) is 7.94. The molecule has 6 nitrogen and oxygen atoms in total. The average Bonchev–Trinajstić information content (AvgIpc) is 2.49. The van der Waals surface area contributed by atoms with Crippen molar-refractivity contribution >= 4 is 11.5 Å². The molecule has 0 fully saturated rings. The Labute approximate surface area is 129 Å². The number of nitrogen functional groups attached to an aromatic ring is 1. The van der Waals surface area contributed by atoms with Crippen molar-refractivity contribution in [3.63, 3.8) is 0 Å². The maximum Gasteiger partial charge on any atom is 0.171 e. The van der Waals surface area contributed by atoms with Crippen molar-refractivity contribution in [2.24, 2.45) is 16.7 Å². The van der Waals surface area contributed by atoms with Crippen molar-refractivity contribution in [3.8, 4) is 11.1 Å². The number of pyridine rings is 1. The van der Waals surface area contributed by atoms with E-state index in [0.717, 1.165) is 5.12 Å². The number of aromatic nitrogens is 1. The van der Waals surface area contributed by atoms with E-state index in [1.807, 2.05) is 13.8 Å². The first-order valence-electron chi connectivity index (χ1n) is 6.81. The van der Waals surface area contributed by atoms with Crippen LogP contribution >= 0.6 is 0 Å².